The van der Waals surface area contributed by atoms with Gasteiger partial charge in [0, 0.05) is 5.69 Å². The maximum absolute atomic E-state index is 12.3. The summed E-state index contributed by atoms with van der Waals surface area (Å²) in [5.41, 5.74) is 1.22. The number of benzene rings is 3. The van der Waals surface area contributed by atoms with Crippen LogP contribution in [-0.2, 0) is 4.79 Å². The van der Waals surface area contributed by atoms with E-state index in [0.717, 1.165) is 0 Å². The second-order valence-corrected chi connectivity index (χ2v) is 5.83. The molecule has 0 heterocycles. The molecule has 3 rings (SSSR count). The lowest BCUT2D eigenvalue weighted by molar-refractivity contribution is -0.122. The Morgan fingerprint density at radius 3 is 2.07 bits per heavy atom. The minimum Gasteiger partial charge on any atom is -0.481 e. The lowest BCUT2D eigenvalue weighted by Gasteiger charge is -2.15. The van der Waals surface area contributed by atoms with Crippen LogP contribution in [0.4, 0.5) is 5.69 Å². The van der Waals surface area contributed by atoms with Crippen molar-refractivity contribution >= 4 is 11.6 Å². The summed E-state index contributed by atoms with van der Waals surface area (Å²) in [6.07, 6.45) is -0.623. The van der Waals surface area contributed by atoms with Crippen LogP contribution in [0.15, 0.2) is 78.9 Å². The Hall–Kier alpha value is -3.78. The van der Waals surface area contributed by atoms with Crippen molar-refractivity contribution in [2.45, 2.75) is 13.0 Å². The predicted octanol–water partition coefficient (Wildman–Crippen LogP) is 4.76. The Labute approximate surface area is 157 Å². The first-order chi connectivity index (χ1) is 13.1. The van der Waals surface area contributed by atoms with Gasteiger partial charge in [0.2, 0.25) is 0 Å². The number of nitrogens with zero attached hydrogens (tertiary/aromatic N) is 1. The highest BCUT2D eigenvalue weighted by Gasteiger charge is 2.14. The molecule has 0 aliphatic rings. The second-order valence-electron chi connectivity index (χ2n) is 5.83. The number of nitrogens with one attached hydrogen (secondary N) is 1. The Balaban J connectivity index is 1.56. The first kappa shape index (κ1) is 18.0. The molecule has 27 heavy (non-hydrogen) atoms. The van der Waals surface area contributed by atoms with Crippen molar-refractivity contribution in [1.29, 1.82) is 5.26 Å². The van der Waals surface area contributed by atoms with Crippen LogP contribution in [0.3, 0.4) is 0 Å². The van der Waals surface area contributed by atoms with Crippen LogP contribution >= 0.6 is 0 Å². The van der Waals surface area contributed by atoms with Gasteiger partial charge in [-0.05, 0) is 67.6 Å². The average molecular weight is 358 g/mol. The number of carbonyl (C=O) groups excluding carboxylic acids is 1. The largest absolute Gasteiger partial charge is 0.481 e. The summed E-state index contributed by atoms with van der Waals surface area (Å²) in [6, 6.07) is 25.2. The molecule has 3 aromatic rings. The van der Waals surface area contributed by atoms with Gasteiger partial charge in [-0.25, -0.2) is 0 Å². The van der Waals surface area contributed by atoms with Crippen LogP contribution in [0.2, 0.25) is 0 Å². The molecule has 0 aromatic heterocycles. The molecule has 0 saturated carbocycles. The highest BCUT2D eigenvalue weighted by atomic mass is 16.5. The van der Waals surface area contributed by atoms with E-state index in [1.165, 1.54) is 0 Å². The maximum atomic E-state index is 12.3. The molecule has 1 atom stereocenters. The summed E-state index contributed by atoms with van der Waals surface area (Å²) in [5, 5.41) is 11.6. The normalized spacial score (nSPS) is 11.1. The standard InChI is InChI=1S/C22H18N2O3/c1-16(26-19-5-3-2-4-6-19)22(25)24-18-9-13-21(14-10-18)27-20-11-7-17(15-23)8-12-20/h2-14,16H,1H3,(H,24,25). The molecular formula is C22H18N2O3. The number of hydrogen-bond acceptors (Lipinski definition) is 4. The summed E-state index contributed by atoms with van der Waals surface area (Å²) in [6.45, 7) is 1.70. The Morgan fingerprint density at radius 2 is 1.48 bits per heavy atom. The van der Waals surface area contributed by atoms with Crippen LogP contribution in [0, 0.1) is 11.3 Å². The molecule has 1 unspecified atom stereocenters. The molecule has 5 heteroatoms. The fourth-order valence-electron chi connectivity index (χ4n) is 2.34. The summed E-state index contributed by atoms with van der Waals surface area (Å²) < 4.78 is 11.3. The van der Waals surface area contributed by atoms with Gasteiger partial charge in [-0.15, -0.1) is 0 Å². The highest BCUT2D eigenvalue weighted by Crippen LogP contribution is 2.23. The molecule has 1 amide bonds. The van der Waals surface area contributed by atoms with Gasteiger partial charge >= 0.3 is 0 Å². The second kappa shape index (κ2) is 8.54. The number of anilines is 1. The minimum absolute atomic E-state index is 0.236. The SMILES string of the molecule is CC(Oc1ccccc1)C(=O)Nc1ccc(Oc2ccc(C#N)cc2)cc1. The highest BCUT2D eigenvalue weighted by molar-refractivity contribution is 5.94. The summed E-state index contributed by atoms with van der Waals surface area (Å²) in [4.78, 5) is 12.3. The molecule has 0 aliphatic heterocycles. The van der Waals surface area contributed by atoms with Crippen molar-refractivity contribution in [3.8, 4) is 23.3 Å². The van der Waals surface area contributed by atoms with Crippen molar-refractivity contribution in [2.75, 3.05) is 5.32 Å². The van der Waals surface area contributed by atoms with E-state index >= 15 is 0 Å². The summed E-state index contributed by atoms with van der Waals surface area (Å²) >= 11 is 0. The first-order valence-electron chi connectivity index (χ1n) is 8.45. The van der Waals surface area contributed by atoms with Crippen LogP contribution in [0.5, 0.6) is 17.2 Å². The van der Waals surface area contributed by atoms with Gasteiger partial charge in [0.25, 0.3) is 5.91 Å². The van der Waals surface area contributed by atoms with Crippen LogP contribution < -0.4 is 14.8 Å². The van der Waals surface area contributed by atoms with Gasteiger partial charge < -0.3 is 14.8 Å². The van der Waals surface area contributed by atoms with E-state index in [9.17, 15) is 4.79 Å². The van der Waals surface area contributed by atoms with Gasteiger partial charge in [-0.2, -0.15) is 5.26 Å². The average Bonchev–Trinajstić information content (AvgIpc) is 2.71. The summed E-state index contributed by atoms with van der Waals surface area (Å²) in [7, 11) is 0. The minimum atomic E-state index is -0.623. The van der Waals surface area contributed by atoms with Gasteiger partial charge in [-0.1, -0.05) is 18.2 Å². The van der Waals surface area contributed by atoms with E-state index in [4.69, 9.17) is 14.7 Å². The Kier molecular flexibility index (Phi) is 5.70. The molecule has 5 nitrogen and oxygen atoms in total. The van der Waals surface area contributed by atoms with Gasteiger partial charge in [-0.3, -0.25) is 4.79 Å². The van der Waals surface area contributed by atoms with Gasteiger partial charge in [0.15, 0.2) is 6.10 Å². The molecule has 134 valence electrons. The van der Waals surface area contributed by atoms with Crippen molar-refractivity contribution in [3.05, 3.63) is 84.4 Å². The van der Waals surface area contributed by atoms with E-state index < -0.39 is 6.10 Å². The van der Waals surface area contributed by atoms with Crippen LogP contribution in [-0.4, -0.2) is 12.0 Å². The number of hydrogen-bond donors (Lipinski definition) is 1. The topological polar surface area (TPSA) is 71.3 Å². The van der Waals surface area contributed by atoms with Crippen molar-refractivity contribution in [2.24, 2.45) is 0 Å². The smallest absolute Gasteiger partial charge is 0.265 e. The molecular weight excluding hydrogens is 340 g/mol. The van der Waals surface area contributed by atoms with Gasteiger partial charge in [0.1, 0.15) is 17.2 Å². The molecule has 1 N–H and O–H groups in total. The Morgan fingerprint density at radius 1 is 0.889 bits per heavy atom. The zero-order valence-electron chi connectivity index (χ0n) is 14.8. The van der Waals surface area contributed by atoms with Crippen LogP contribution in [0.1, 0.15) is 12.5 Å². The number of ether oxygens (including phenoxy) is 2. The zero-order chi connectivity index (χ0) is 19.1. The van der Waals surface area contributed by atoms with Crippen molar-refractivity contribution in [3.63, 3.8) is 0 Å². The molecule has 3 aromatic carbocycles. The molecule has 0 bridgehead atoms. The fraction of sp³-hybridized carbons (Fsp3) is 0.0909. The summed E-state index contributed by atoms with van der Waals surface area (Å²) in [5.74, 6) is 1.67. The zero-order valence-corrected chi connectivity index (χ0v) is 14.8. The quantitative estimate of drug-likeness (QED) is 0.690. The Bertz CT molecular complexity index is 930. The van der Waals surface area contributed by atoms with E-state index in [1.807, 2.05) is 18.2 Å². The lowest BCUT2D eigenvalue weighted by Crippen LogP contribution is -2.30. The maximum Gasteiger partial charge on any atom is 0.265 e. The number of para-hydroxylation sites is 1. The lowest BCUT2D eigenvalue weighted by atomic mass is 10.2. The molecule has 0 fully saturated rings. The number of nitriles is 1. The first-order valence-corrected chi connectivity index (χ1v) is 8.45. The van der Waals surface area contributed by atoms with Gasteiger partial charge in [0.05, 0.1) is 11.6 Å². The fourth-order valence-corrected chi connectivity index (χ4v) is 2.34. The molecule has 0 spiro atoms. The van der Waals surface area contributed by atoms with Crippen LogP contribution in [0.25, 0.3) is 0 Å². The monoisotopic (exact) mass is 358 g/mol. The van der Waals surface area contributed by atoms with E-state index in [0.29, 0.717) is 28.5 Å². The van der Waals surface area contributed by atoms with E-state index in [-0.39, 0.29) is 5.91 Å². The molecule has 0 aliphatic carbocycles. The predicted molar refractivity (Wildman–Crippen MR) is 103 cm³/mol. The van der Waals surface area contributed by atoms with Crippen molar-refractivity contribution < 1.29 is 14.3 Å². The molecule has 0 saturated heterocycles. The van der Waals surface area contributed by atoms with E-state index in [1.54, 1.807) is 67.6 Å². The third kappa shape index (κ3) is 5.10. The van der Waals surface area contributed by atoms with Crippen molar-refractivity contribution in [1.82, 2.24) is 0 Å². The molecule has 0 radical (unpaired) electrons. The number of rotatable bonds is 6. The number of carbonyl (C=O) groups is 1. The van der Waals surface area contributed by atoms with E-state index in [2.05, 4.69) is 11.4 Å². The third-order valence-corrected chi connectivity index (χ3v) is 3.77. The third-order valence-electron chi connectivity index (χ3n) is 3.77. The number of amides is 1.